The topological polar surface area (TPSA) is 92.7 Å². The number of carboxylic acids is 1. The minimum Gasteiger partial charge on any atom is -0.480 e. The van der Waals surface area contributed by atoms with Gasteiger partial charge in [0.1, 0.15) is 11.6 Å². The molecule has 6 nitrogen and oxygen atoms in total. The lowest BCUT2D eigenvalue weighted by Crippen LogP contribution is -2.41. The molecule has 0 heterocycles. The molecule has 6 heteroatoms. The first-order chi connectivity index (χ1) is 9.15. The fourth-order valence-electron chi connectivity index (χ4n) is 1.41. The second-order valence-electron chi connectivity index (χ2n) is 5.41. The van der Waals surface area contributed by atoms with E-state index in [9.17, 15) is 14.4 Å². The lowest BCUT2D eigenvalue weighted by Gasteiger charge is -2.20. The Hall–Kier alpha value is -1.85. The van der Waals surface area contributed by atoms with Gasteiger partial charge in [0, 0.05) is 12.8 Å². The highest BCUT2D eigenvalue weighted by Crippen LogP contribution is 2.10. The van der Waals surface area contributed by atoms with E-state index >= 15 is 0 Å². The molecule has 0 aromatic rings. The molecule has 0 bridgehead atoms. The van der Waals surface area contributed by atoms with E-state index < -0.39 is 23.6 Å². The summed E-state index contributed by atoms with van der Waals surface area (Å²) in [5.41, 5.74) is -0.608. The van der Waals surface area contributed by atoms with Crippen LogP contribution in [0.1, 0.15) is 46.5 Å². The monoisotopic (exact) mass is 285 g/mol. The number of aliphatic carboxylic acids is 1. The van der Waals surface area contributed by atoms with Gasteiger partial charge in [-0.25, -0.2) is 4.79 Å². The second kappa shape index (κ2) is 8.35. The van der Waals surface area contributed by atoms with Crippen LogP contribution < -0.4 is 5.32 Å². The van der Waals surface area contributed by atoms with Gasteiger partial charge in [-0.05, 0) is 33.6 Å². The van der Waals surface area contributed by atoms with E-state index in [1.807, 2.05) is 0 Å². The summed E-state index contributed by atoms with van der Waals surface area (Å²) in [6, 6.07) is -1.08. The van der Waals surface area contributed by atoms with E-state index in [0.717, 1.165) is 0 Å². The summed E-state index contributed by atoms with van der Waals surface area (Å²) < 4.78 is 5.08. The summed E-state index contributed by atoms with van der Waals surface area (Å²) in [5.74, 6) is -2.02. The Morgan fingerprint density at radius 1 is 1.30 bits per heavy atom. The maximum atomic E-state index is 11.5. The lowest BCUT2D eigenvalue weighted by molar-refractivity contribution is -0.155. The Morgan fingerprint density at radius 2 is 1.90 bits per heavy atom. The van der Waals surface area contributed by atoms with Gasteiger partial charge in [0.25, 0.3) is 0 Å². The fourth-order valence-corrected chi connectivity index (χ4v) is 1.41. The number of allylic oxidation sites excluding steroid dienone is 1. The zero-order valence-corrected chi connectivity index (χ0v) is 12.3. The minimum absolute atomic E-state index is 0.00404. The molecule has 0 spiro atoms. The van der Waals surface area contributed by atoms with E-state index in [4.69, 9.17) is 9.84 Å². The van der Waals surface area contributed by atoms with E-state index in [1.54, 1.807) is 26.8 Å². The van der Waals surface area contributed by atoms with E-state index in [-0.39, 0.29) is 25.2 Å². The van der Waals surface area contributed by atoms with Crippen molar-refractivity contribution >= 4 is 17.8 Å². The number of rotatable bonds is 8. The fraction of sp³-hybridized carbons (Fsp3) is 0.643. The van der Waals surface area contributed by atoms with Gasteiger partial charge < -0.3 is 15.2 Å². The Morgan fingerprint density at radius 3 is 2.35 bits per heavy atom. The molecule has 0 saturated carbocycles. The summed E-state index contributed by atoms with van der Waals surface area (Å²) in [6.45, 7) is 8.68. The van der Waals surface area contributed by atoms with Crippen molar-refractivity contribution in [2.45, 2.75) is 58.1 Å². The maximum absolute atomic E-state index is 11.5. The molecule has 114 valence electrons. The van der Waals surface area contributed by atoms with Gasteiger partial charge in [-0.15, -0.1) is 6.58 Å². The summed E-state index contributed by atoms with van der Waals surface area (Å²) in [6.07, 6.45) is 2.18. The number of ether oxygens (including phenoxy) is 1. The average molecular weight is 285 g/mol. The van der Waals surface area contributed by atoms with Gasteiger partial charge in [0.05, 0.1) is 0 Å². The van der Waals surface area contributed by atoms with Crippen molar-refractivity contribution < 1.29 is 24.2 Å². The Balaban J connectivity index is 4.28. The van der Waals surface area contributed by atoms with E-state index in [0.29, 0.717) is 6.42 Å². The molecular formula is C14H23NO5. The maximum Gasteiger partial charge on any atom is 0.326 e. The molecule has 20 heavy (non-hydrogen) atoms. The van der Waals surface area contributed by atoms with Crippen LogP contribution in [0.2, 0.25) is 0 Å². The molecule has 0 radical (unpaired) electrons. The molecule has 1 atom stereocenters. The van der Waals surface area contributed by atoms with Crippen LogP contribution in [-0.4, -0.2) is 34.6 Å². The molecule has 1 amide bonds. The van der Waals surface area contributed by atoms with Crippen LogP contribution in [0.15, 0.2) is 12.7 Å². The SMILES string of the molecule is C=CCCC(=O)N[C@H](CCC(=O)OC(C)(C)C)C(=O)O. The van der Waals surface area contributed by atoms with Crippen molar-refractivity contribution in [1.29, 1.82) is 0 Å². The second-order valence-corrected chi connectivity index (χ2v) is 5.41. The van der Waals surface area contributed by atoms with Crippen LogP contribution >= 0.6 is 0 Å². The normalized spacial score (nSPS) is 12.3. The number of nitrogens with one attached hydrogen (secondary N) is 1. The number of carbonyl (C=O) groups is 3. The molecule has 0 aliphatic rings. The van der Waals surface area contributed by atoms with Crippen LogP contribution in [0.5, 0.6) is 0 Å². The number of hydrogen-bond acceptors (Lipinski definition) is 4. The zero-order chi connectivity index (χ0) is 15.8. The van der Waals surface area contributed by atoms with Crippen molar-refractivity contribution in [3.05, 3.63) is 12.7 Å². The van der Waals surface area contributed by atoms with Crippen molar-refractivity contribution in [3.63, 3.8) is 0 Å². The Kier molecular flexibility index (Phi) is 7.57. The largest absolute Gasteiger partial charge is 0.480 e. The first kappa shape index (κ1) is 18.1. The van der Waals surface area contributed by atoms with E-state index in [2.05, 4.69) is 11.9 Å². The first-order valence-electron chi connectivity index (χ1n) is 6.50. The van der Waals surface area contributed by atoms with Crippen LogP contribution in [0.4, 0.5) is 0 Å². The molecule has 2 N–H and O–H groups in total. The van der Waals surface area contributed by atoms with Crippen LogP contribution in [-0.2, 0) is 19.1 Å². The molecule has 0 aliphatic carbocycles. The summed E-state index contributed by atoms with van der Waals surface area (Å²) >= 11 is 0. The zero-order valence-electron chi connectivity index (χ0n) is 12.3. The quantitative estimate of drug-likeness (QED) is 0.522. The van der Waals surface area contributed by atoms with Crippen molar-refractivity contribution in [2.75, 3.05) is 0 Å². The number of esters is 1. The number of carbonyl (C=O) groups excluding carboxylic acids is 2. The van der Waals surface area contributed by atoms with Gasteiger partial charge in [0.15, 0.2) is 0 Å². The average Bonchev–Trinajstić information content (AvgIpc) is 2.29. The summed E-state index contributed by atoms with van der Waals surface area (Å²) in [7, 11) is 0. The predicted molar refractivity (Wildman–Crippen MR) is 74.1 cm³/mol. The molecule has 0 unspecified atom stereocenters. The number of amides is 1. The Labute approximate surface area is 119 Å². The Bertz CT molecular complexity index is 370. The minimum atomic E-state index is -1.17. The lowest BCUT2D eigenvalue weighted by atomic mass is 10.1. The highest BCUT2D eigenvalue weighted by Gasteiger charge is 2.23. The van der Waals surface area contributed by atoms with Gasteiger partial charge in [-0.3, -0.25) is 9.59 Å². The first-order valence-corrected chi connectivity index (χ1v) is 6.50. The molecular weight excluding hydrogens is 262 g/mol. The molecule has 0 aliphatic heterocycles. The van der Waals surface area contributed by atoms with E-state index in [1.165, 1.54) is 0 Å². The van der Waals surface area contributed by atoms with Gasteiger partial charge in [0.2, 0.25) is 5.91 Å². The highest BCUT2D eigenvalue weighted by molar-refractivity contribution is 5.84. The predicted octanol–water partition coefficient (Wildman–Crippen LogP) is 1.64. The molecule has 0 saturated heterocycles. The standard InChI is InChI=1S/C14H23NO5/c1-5-6-7-11(16)15-10(13(18)19)8-9-12(17)20-14(2,3)4/h5,10H,1,6-9H2,2-4H3,(H,15,16)(H,18,19)/t10-/m1/s1. The van der Waals surface area contributed by atoms with Crippen molar-refractivity contribution in [3.8, 4) is 0 Å². The summed E-state index contributed by atoms with van der Waals surface area (Å²) in [4.78, 5) is 34.0. The summed E-state index contributed by atoms with van der Waals surface area (Å²) in [5, 5.41) is 11.4. The third-order valence-corrected chi connectivity index (χ3v) is 2.27. The highest BCUT2D eigenvalue weighted by atomic mass is 16.6. The third-order valence-electron chi connectivity index (χ3n) is 2.27. The number of hydrogen-bond donors (Lipinski definition) is 2. The number of carboxylic acid groups (broad SMARTS) is 1. The van der Waals surface area contributed by atoms with Gasteiger partial charge in [-0.2, -0.15) is 0 Å². The molecule has 0 aromatic carbocycles. The third kappa shape index (κ3) is 9.13. The van der Waals surface area contributed by atoms with Crippen molar-refractivity contribution in [2.24, 2.45) is 0 Å². The van der Waals surface area contributed by atoms with Gasteiger partial charge in [-0.1, -0.05) is 6.08 Å². The van der Waals surface area contributed by atoms with Crippen molar-refractivity contribution in [1.82, 2.24) is 5.32 Å². The van der Waals surface area contributed by atoms with Crippen LogP contribution in [0.3, 0.4) is 0 Å². The van der Waals surface area contributed by atoms with Gasteiger partial charge >= 0.3 is 11.9 Å². The molecule has 0 aromatic heterocycles. The van der Waals surface area contributed by atoms with Crippen LogP contribution in [0, 0.1) is 0 Å². The molecule has 0 fully saturated rings. The van der Waals surface area contributed by atoms with Crippen LogP contribution in [0.25, 0.3) is 0 Å². The smallest absolute Gasteiger partial charge is 0.326 e. The molecule has 0 rings (SSSR count).